The molecular formula is C22H19FN4O3. The van der Waals surface area contributed by atoms with E-state index in [4.69, 9.17) is 10.5 Å². The molecule has 0 spiro atoms. The first-order valence-corrected chi connectivity index (χ1v) is 9.27. The first kappa shape index (κ1) is 19.5. The summed E-state index contributed by atoms with van der Waals surface area (Å²) in [5, 5.41) is 2.13. The molecule has 0 fully saturated rings. The summed E-state index contributed by atoms with van der Waals surface area (Å²) in [4.78, 5) is 32.6. The van der Waals surface area contributed by atoms with Gasteiger partial charge in [-0.25, -0.2) is 14.2 Å². The quantitative estimate of drug-likeness (QED) is 0.689. The zero-order valence-electron chi connectivity index (χ0n) is 16.3. The van der Waals surface area contributed by atoms with Crippen LogP contribution in [0.15, 0.2) is 54.9 Å². The van der Waals surface area contributed by atoms with Gasteiger partial charge in [0.2, 0.25) is 11.8 Å². The summed E-state index contributed by atoms with van der Waals surface area (Å²) in [5.74, 6) is -1.56. The van der Waals surface area contributed by atoms with E-state index in [-0.39, 0.29) is 11.6 Å². The van der Waals surface area contributed by atoms with Crippen LogP contribution < -0.4 is 15.8 Å². The highest BCUT2D eigenvalue weighted by Gasteiger charge is 2.45. The number of carbonyl (C=O) groups excluding carboxylic acids is 2. The Labute approximate surface area is 172 Å². The van der Waals surface area contributed by atoms with Gasteiger partial charge in [-0.1, -0.05) is 32.0 Å². The van der Waals surface area contributed by atoms with Crippen molar-refractivity contribution in [2.75, 3.05) is 0 Å². The van der Waals surface area contributed by atoms with E-state index in [1.165, 1.54) is 6.07 Å². The number of nitrogens with two attached hydrogens (primary N) is 1. The summed E-state index contributed by atoms with van der Waals surface area (Å²) >= 11 is 0. The summed E-state index contributed by atoms with van der Waals surface area (Å²) in [6.45, 7) is 3.33. The van der Waals surface area contributed by atoms with Gasteiger partial charge in [0, 0.05) is 35.0 Å². The van der Waals surface area contributed by atoms with Gasteiger partial charge in [0.1, 0.15) is 0 Å². The predicted molar refractivity (Wildman–Crippen MR) is 107 cm³/mol. The molecule has 7 nitrogen and oxygen atoms in total. The Hall–Kier alpha value is -3.81. The van der Waals surface area contributed by atoms with Gasteiger partial charge in [-0.2, -0.15) is 0 Å². The van der Waals surface area contributed by atoms with Gasteiger partial charge in [-0.05, 0) is 24.3 Å². The molecule has 3 amide bonds. The minimum absolute atomic E-state index is 0.00864. The van der Waals surface area contributed by atoms with Gasteiger partial charge in [0.15, 0.2) is 11.6 Å². The molecule has 1 aliphatic rings. The molecule has 1 aliphatic heterocycles. The second kappa shape index (κ2) is 7.22. The van der Waals surface area contributed by atoms with E-state index in [2.05, 4.69) is 15.3 Å². The van der Waals surface area contributed by atoms with Gasteiger partial charge >= 0.3 is 6.03 Å². The maximum Gasteiger partial charge on any atom is 0.318 e. The SMILES string of the molecule is CC(C)(C(=O)NC(N)=O)C1c2ccc(-c3ccncc3)nc2Oc2c(F)cccc21. The fourth-order valence-corrected chi connectivity index (χ4v) is 3.74. The van der Waals surface area contributed by atoms with Crippen molar-refractivity contribution in [2.24, 2.45) is 11.1 Å². The summed E-state index contributed by atoms with van der Waals surface area (Å²) in [6, 6.07) is 10.8. The van der Waals surface area contributed by atoms with E-state index in [1.54, 1.807) is 62.6 Å². The van der Waals surface area contributed by atoms with E-state index in [0.29, 0.717) is 16.8 Å². The molecule has 1 aromatic carbocycles. The summed E-state index contributed by atoms with van der Waals surface area (Å²) in [6.07, 6.45) is 3.29. The van der Waals surface area contributed by atoms with Crippen LogP contribution in [-0.4, -0.2) is 21.9 Å². The number of nitrogens with zero attached hydrogens (tertiary/aromatic N) is 2. The Morgan fingerprint density at radius 1 is 1.10 bits per heavy atom. The highest BCUT2D eigenvalue weighted by molar-refractivity contribution is 5.97. The number of primary amides is 1. The number of aromatic nitrogens is 2. The predicted octanol–water partition coefficient (Wildman–Crippen LogP) is 3.74. The summed E-state index contributed by atoms with van der Waals surface area (Å²) in [7, 11) is 0. The summed E-state index contributed by atoms with van der Waals surface area (Å²) < 4.78 is 20.5. The molecule has 0 radical (unpaired) electrons. The van der Waals surface area contributed by atoms with Crippen LogP contribution in [0.4, 0.5) is 9.18 Å². The third-order valence-corrected chi connectivity index (χ3v) is 5.23. The maximum absolute atomic E-state index is 14.6. The number of rotatable bonds is 3. The third kappa shape index (κ3) is 3.26. The molecule has 1 unspecified atom stereocenters. The van der Waals surface area contributed by atoms with Gasteiger partial charge < -0.3 is 10.5 Å². The number of imide groups is 1. The molecule has 3 aromatic rings. The molecule has 30 heavy (non-hydrogen) atoms. The van der Waals surface area contributed by atoms with Crippen LogP contribution in [0.3, 0.4) is 0 Å². The van der Waals surface area contributed by atoms with Gasteiger partial charge in [0.25, 0.3) is 0 Å². The van der Waals surface area contributed by atoms with Crippen molar-refractivity contribution in [1.29, 1.82) is 0 Å². The van der Waals surface area contributed by atoms with Crippen LogP contribution >= 0.6 is 0 Å². The standard InChI is InChI=1S/C22H19FN4O3/c1-22(2,20(28)27-21(24)29)17-13-4-3-5-15(23)18(13)30-19-14(17)6-7-16(26-19)12-8-10-25-11-9-12/h3-11,17H,1-2H3,(H3,24,27,28,29). The molecule has 3 heterocycles. The van der Waals surface area contributed by atoms with E-state index in [0.717, 1.165) is 5.56 Å². The van der Waals surface area contributed by atoms with E-state index < -0.39 is 29.1 Å². The Morgan fingerprint density at radius 3 is 2.53 bits per heavy atom. The maximum atomic E-state index is 14.6. The minimum atomic E-state index is -1.16. The number of para-hydroxylation sites is 1. The monoisotopic (exact) mass is 406 g/mol. The molecule has 1 atom stereocenters. The molecule has 0 bridgehead atoms. The zero-order valence-corrected chi connectivity index (χ0v) is 16.3. The molecule has 152 valence electrons. The lowest BCUT2D eigenvalue weighted by Crippen LogP contribution is -2.46. The van der Waals surface area contributed by atoms with Crippen molar-refractivity contribution in [1.82, 2.24) is 15.3 Å². The number of pyridine rings is 2. The Morgan fingerprint density at radius 2 is 1.83 bits per heavy atom. The van der Waals surface area contributed by atoms with Crippen LogP contribution in [-0.2, 0) is 4.79 Å². The molecule has 0 saturated carbocycles. The lowest BCUT2D eigenvalue weighted by molar-refractivity contribution is -0.128. The first-order valence-electron chi connectivity index (χ1n) is 9.27. The van der Waals surface area contributed by atoms with Crippen LogP contribution in [0.2, 0.25) is 0 Å². The number of fused-ring (bicyclic) bond motifs is 2. The number of amides is 3. The van der Waals surface area contributed by atoms with Crippen LogP contribution in [0.25, 0.3) is 11.3 Å². The Bertz CT molecular complexity index is 1150. The molecule has 8 heteroatoms. The van der Waals surface area contributed by atoms with Gasteiger partial charge in [-0.15, -0.1) is 0 Å². The molecule has 2 aromatic heterocycles. The Balaban J connectivity index is 1.88. The second-order valence-corrected chi connectivity index (χ2v) is 7.56. The van der Waals surface area contributed by atoms with E-state index in [9.17, 15) is 14.0 Å². The largest absolute Gasteiger partial charge is 0.435 e. The number of benzene rings is 1. The third-order valence-electron chi connectivity index (χ3n) is 5.23. The van der Waals surface area contributed by atoms with Crippen LogP contribution in [0.1, 0.15) is 30.9 Å². The Kier molecular flexibility index (Phi) is 4.69. The highest BCUT2D eigenvalue weighted by Crippen LogP contribution is 2.52. The fourth-order valence-electron chi connectivity index (χ4n) is 3.74. The normalized spacial score (nSPS) is 14.8. The van der Waals surface area contributed by atoms with Gasteiger partial charge in [0.05, 0.1) is 11.1 Å². The van der Waals surface area contributed by atoms with Crippen LogP contribution in [0, 0.1) is 11.2 Å². The molecule has 3 N–H and O–H groups in total. The number of urea groups is 1. The number of hydrogen-bond donors (Lipinski definition) is 2. The zero-order chi connectivity index (χ0) is 21.5. The average molecular weight is 406 g/mol. The summed E-state index contributed by atoms with van der Waals surface area (Å²) in [5.41, 5.74) is 6.52. The first-order chi connectivity index (χ1) is 14.3. The van der Waals surface area contributed by atoms with E-state index in [1.807, 2.05) is 0 Å². The van der Waals surface area contributed by atoms with E-state index >= 15 is 0 Å². The second-order valence-electron chi connectivity index (χ2n) is 7.56. The lowest BCUT2D eigenvalue weighted by Gasteiger charge is -2.37. The fraction of sp³-hybridized carbons (Fsp3) is 0.182. The number of hydrogen-bond acceptors (Lipinski definition) is 5. The van der Waals surface area contributed by atoms with Crippen molar-refractivity contribution >= 4 is 11.9 Å². The average Bonchev–Trinajstić information content (AvgIpc) is 2.72. The minimum Gasteiger partial charge on any atom is -0.435 e. The van der Waals surface area contributed by atoms with Crippen LogP contribution in [0.5, 0.6) is 11.6 Å². The number of carbonyl (C=O) groups is 2. The van der Waals surface area contributed by atoms with Crippen molar-refractivity contribution in [3.05, 3.63) is 71.8 Å². The van der Waals surface area contributed by atoms with Crippen molar-refractivity contribution in [3.63, 3.8) is 0 Å². The van der Waals surface area contributed by atoms with Crippen molar-refractivity contribution in [3.8, 4) is 22.9 Å². The smallest absolute Gasteiger partial charge is 0.318 e. The highest BCUT2D eigenvalue weighted by atomic mass is 19.1. The number of halogens is 1. The molecule has 0 aliphatic carbocycles. The molecule has 0 saturated heterocycles. The molecular weight excluding hydrogens is 387 g/mol. The van der Waals surface area contributed by atoms with Crippen molar-refractivity contribution < 1.29 is 18.7 Å². The number of nitrogens with one attached hydrogen (secondary N) is 1. The topological polar surface area (TPSA) is 107 Å². The van der Waals surface area contributed by atoms with Crippen molar-refractivity contribution in [2.45, 2.75) is 19.8 Å². The van der Waals surface area contributed by atoms with Gasteiger partial charge in [-0.3, -0.25) is 15.1 Å². The lowest BCUT2D eigenvalue weighted by atomic mass is 9.69. The molecule has 4 rings (SSSR count). The number of ether oxygens (including phenoxy) is 1.